The molecular formula is C9H17O3PS. The first-order chi connectivity index (χ1) is 6.64. The van der Waals surface area contributed by atoms with Gasteiger partial charge in [0.1, 0.15) is 0 Å². The lowest BCUT2D eigenvalue weighted by Crippen LogP contribution is -1.96. The summed E-state index contributed by atoms with van der Waals surface area (Å²) in [5.74, 6) is 0. The Hall–Kier alpha value is -0.0200. The van der Waals surface area contributed by atoms with Crippen LogP contribution in [0, 0.1) is 0 Å². The van der Waals surface area contributed by atoms with E-state index in [4.69, 9.17) is 9.05 Å². The fourth-order valence-electron chi connectivity index (χ4n) is 0.876. The van der Waals surface area contributed by atoms with Gasteiger partial charge in [0, 0.05) is 0 Å². The smallest absolute Gasteiger partial charge is 0.305 e. The van der Waals surface area contributed by atoms with Crippen LogP contribution in [0.15, 0.2) is 23.4 Å². The summed E-state index contributed by atoms with van der Waals surface area (Å²) < 4.78 is 23.1. The summed E-state index contributed by atoms with van der Waals surface area (Å²) in [6, 6.07) is 0. The van der Waals surface area contributed by atoms with Gasteiger partial charge < -0.3 is 9.05 Å². The molecule has 0 aromatic rings. The molecule has 0 saturated heterocycles. The first kappa shape index (κ1) is 14.0. The van der Waals surface area contributed by atoms with E-state index in [1.54, 1.807) is 26.0 Å². The maximum absolute atomic E-state index is 12.2. The summed E-state index contributed by atoms with van der Waals surface area (Å²) in [6.07, 6.45) is 5.08. The molecule has 0 aliphatic heterocycles. The summed E-state index contributed by atoms with van der Waals surface area (Å²) in [5.41, 5.74) is 0. The van der Waals surface area contributed by atoms with E-state index in [9.17, 15) is 4.57 Å². The molecule has 0 rings (SSSR count). The third-order valence-electron chi connectivity index (χ3n) is 1.34. The first-order valence-electron chi connectivity index (χ1n) is 4.41. The fourth-order valence-corrected chi connectivity index (χ4v) is 3.62. The molecule has 0 heterocycles. The Morgan fingerprint density at radius 2 is 1.93 bits per heavy atom. The normalized spacial score (nSPS) is 12.9. The van der Waals surface area contributed by atoms with Crippen LogP contribution in [0.25, 0.3) is 0 Å². The van der Waals surface area contributed by atoms with E-state index >= 15 is 0 Å². The van der Waals surface area contributed by atoms with Gasteiger partial charge in [-0.3, -0.25) is 4.57 Å². The summed E-state index contributed by atoms with van der Waals surface area (Å²) in [5, 5.41) is 0. The predicted octanol–water partition coefficient (Wildman–Crippen LogP) is 3.64. The van der Waals surface area contributed by atoms with Crippen LogP contribution in [0.3, 0.4) is 0 Å². The van der Waals surface area contributed by atoms with Crippen molar-refractivity contribution in [2.45, 2.75) is 13.8 Å². The molecule has 0 fully saturated rings. The van der Waals surface area contributed by atoms with Crippen molar-refractivity contribution >= 4 is 19.4 Å². The van der Waals surface area contributed by atoms with Crippen molar-refractivity contribution < 1.29 is 13.6 Å². The summed E-state index contributed by atoms with van der Waals surface area (Å²) in [4.78, 5) is 0. The van der Waals surface area contributed by atoms with Crippen molar-refractivity contribution in [2.75, 3.05) is 19.5 Å². The Morgan fingerprint density at radius 3 is 2.21 bits per heavy atom. The Kier molecular flexibility index (Phi) is 7.28. The monoisotopic (exact) mass is 236 g/mol. The lowest BCUT2D eigenvalue weighted by atomic mass is 10.6. The van der Waals surface area contributed by atoms with E-state index in [1.807, 2.05) is 6.26 Å². The molecule has 0 amide bonds. The summed E-state index contributed by atoms with van der Waals surface area (Å²) in [6.45, 7) is 7.87. The average molecular weight is 236 g/mol. The van der Waals surface area contributed by atoms with Crippen LogP contribution in [0.5, 0.6) is 0 Å². The lowest BCUT2D eigenvalue weighted by Gasteiger charge is -2.18. The average Bonchev–Trinajstić information content (AvgIpc) is 2.14. The fraction of sp³-hybridized carbons (Fsp3) is 0.556. The lowest BCUT2D eigenvalue weighted by molar-refractivity contribution is 0.228. The third-order valence-corrected chi connectivity index (χ3v) is 5.00. The maximum atomic E-state index is 12.2. The Morgan fingerprint density at radius 1 is 1.43 bits per heavy atom. The van der Waals surface area contributed by atoms with Crippen molar-refractivity contribution in [1.29, 1.82) is 0 Å². The zero-order valence-corrected chi connectivity index (χ0v) is 10.6. The second kappa shape index (κ2) is 7.30. The molecule has 82 valence electrons. The van der Waals surface area contributed by atoms with E-state index < -0.39 is 7.60 Å². The number of hydrogen-bond donors (Lipinski definition) is 0. The molecule has 0 atom stereocenters. The van der Waals surface area contributed by atoms with Gasteiger partial charge in [-0.2, -0.15) is 0 Å². The highest BCUT2D eigenvalue weighted by atomic mass is 32.2. The minimum atomic E-state index is -3.09. The first-order valence-corrected chi connectivity index (χ1v) is 7.17. The largest absolute Gasteiger partial charge is 0.367 e. The van der Waals surface area contributed by atoms with Gasteiger partial charge in [0.05, 0.1) is 17.9 Å². The van der Waals surface area contributed by atoms with Crippen LogP contribution in [-0.2, 0) is 13.6 Å². The highest BCUT2D eigenvalue weighted by Gasteiger charge is 2.28. The SMILES string of the molecule is C=C/C=C(\SC)P(=O)(OCC)OCC. The molecule has 0 aromatic carbocycles. The van der Waals surface area contributed by atoms with Crippen LogP contribution >= 0.6 is 19.4 Å². The minimum Gasteiger partial charge on any atom is -0.305 e. The second-order valence-corrected chi connectivity index (χ2v) is 5.42. The number of rotatable bonds is 7. The van der Waals surface area contributed by atoms with Gasteiger partial charge in [0.25, 0.3) is 0 Å². The molecule has 0 aliphatic carbocycles. The van der Waals surface area contributed by atoms with Gasteiger partial charge in [-0.05, 0) is 26.2 Å². The molecule has 0 spiro atoms. The second-order valence-electron chi connectivity index (χ2n) is 2.28. The molecule has 5 heteroatoms. The van der Waals surface area contributed by atoms with E-state index in [0.29, 0.717) is 17.9 Å². The Labute approximate surface area is 90.1 Å². The quantitative estimate of drug-likeness (QED) is 0.499. The molecule has 0 radical (unpaired) electrons. The van der Waals surface area contributed by atoms with Gasteiger partial charge in [-0.1, -0.05) is 12.7 Å². The predicted molar refractivity (Wildman–Crippen MR) is 62.7 cm³/mol. The molecule has 0 aromatic heterocycles. The van der Waals surface area contributed by atoms with Crippen molar-refractivity contribution in [2.24, 2.45) is 0 Å². The summed E-state index contributed by atoms with van der Waals surface area (Å²) in [7, 11) is -3.09. The third kappa shape index (κ3) is 4.01. The van der Waals surface area contributed by atoms with Crippen molar-refractivity contribution in [1.82, 2.24) is 0 Å². The molecular weight excluding hydrogens is 219 g/mol. The standard InChI is InChI=1S/C9H17O3PS/c1-5-8-9(14-4)13(10,11-6-2)12-7-3/h5,8H,1,6-7H2,2-4H3/b9-8-. The number of hydrogen-bond acceptors (Lipinski definition) is 4. The highest BCUT2D eigenvalue weighted by Crippen LogP contribution is 2.59. The van der Waals surface area contributed by atoms with Crippen molar-refractivity contribution in [3.8, 4) is 0 Å². The van der Waals surface area contributed by atoms with E-state index in [0.717, 1.165) is 0 Å². The number of allylic oxidation sites excluding steroid dienone is 2. The molecule has 0 aliphatic rings. The van der Waals surface area contributed by atoms with Gasteiger partial charge in [-0.25, -0.2) is 0 Å². The van der Waals surface area contributed by atoms with Crippen LogP contribution in [0.1, 0.15) is 13.8 Å². The molecule has 0 N–H and O–H groups in total. The van der Waals surface area contributed by atoms with Gasteiger partial charge in [-0.15, -0.1) is 11.8 Å². The van der Waals surface area contributed by atoms with E-state index in [1.165, 1.54) is 11.8 Å². The van der Waals surface area contributed by atoms with Crippen LogP contribution in [0.4, 0.5) is 0 Å². The minimum absolute atomic E-state index is 0.367. The zero-order chi connectivity index (χ0) is 11.0. The van der Waals surface area contributed by atoms with E-state index in [-0.39, 0.29) is 0 Å². The highest BCUT2D eigenvalue weighted by molar-refractivity contribution is 8.09. The van der Waals surface area contributed by atoms with Crippen LogP contribution in [-0.4, -0.2) is 19.5 Å². The molecule has 0 bridgehead atoms. The van der Waals surface area contributed by atoms with Gasteiger partial charge in [0.15, 0.2) is 0 Å². The molecule has 3 nitrogen and oxygen atoms in total. The molecule has 0 unspecified atom stereocenters. The maximum Gasteiger partial charge on any atom is 0.367 e. The van der Waals surface area contributed by atoms with Gasteiger partial charge in [0.2, 0.25) is 0 Å². The number of thioether (sulfide) groups is 1. The molecule has 14 heavy (non-hydrogen) atoms. The van der Waals surface area contributed by atoms with E-state index in [2.05, 4.69) is 6.58 Å². The van der Waals surface area contributed by atoms with Crippen molar-refractivity contribution in [3.05, 3.63) is 23.4 Å². The van der Waals surface area contributed by atoms with Crippen LogP contribution in [0.2, 0.25) is 0 Å². The summed E-state index contributed by atoms with van der Waals surface area (Å²) >= 11 is 1.36. The zero-order valence-electron chi connectivity index (χ0n) is 8.86. The topological polar surface area (TPSA) is 35.5 Å². The Balaban J connectivity index is 4.85. The Bertz CT molecular complexity index is 240. The van der Waals surface area contributed by atoms with Crippen molar-refractivity contribution in [3.63, 3.8) is 0 Å². The van der Waals surface area contributed by atoms with Gasteiger partial charge >= 0.3 is 7.60 Å². The van der Waals surface area contributed by atoms with Crippen LogP contribution < -0.4 is 0 Å². The molecule has 0 saturated carbocycles.